The first-order valence-electron chi connectivity index (χ1n) is 9.61. The zero-order chi connectivity index (χ0) is 20.9. The van der Waals surface area contributed by atoms with E-state index in [-0.39, 0.29) is 18.3 Å². The van der Waals surface area contributed by atoms with E-state index in [2.05, 4.69) is 10.2 Å². The number of nitrogens with one attached hydrogen (secondary N) is 1. The van der Waals surface area contributed by atoms with Crippen molar-refractivity contribution < 1.29 is 19.0 Å². The highest BCUT2D eigenvalue weighted by Gasteiger charge is 2.22. The molecule has 2 heterocycles. The van der Waals surface area contributed by atoms with Crippen molar-refractivity contribution in [2.24, 2.45) is 0 Å². The lowest BCUT2D eigenvalue weighted by Gasteiger charge is -2.27. The summed E-state index contributed by atoms with van der Waals surface area (Å²) >= 11 is 1.47. The molecule has 3 aromatic rings. The van der Waals surface area contributed by atoms with Gasteiger partial charge in [-0.3, -0.25) is 10.1 Å². The van der Waals surface area contributed by atoms with E-state index in [0.717, 1.165) is 29.3 Å². The molecule has 7 nitrogen and oxygen atoms in total. The lowest BCUT2D eigenvalue weighted by Crippen LogP contribution is -2.35. The molecule has 0 spiro atoms. The number of methoxy groups -OCH3 is 2. The van der Waals surface area contributed by atoms with Gasteiger partial charge in [0.05, 0.1) is 27.4 Å². The highest BCUT2D eigenvalue weighted by Crippen LogP contribution is 2.39. The minimum absolute atomic E-state index is 0. The normalized spacial score (nSPS) is 13.3. The maximum atomic E-state index is 12.9. The molecule has 0 radical (unpaired) electrons. The summed E-state index contributed by atoms with van der Waals surface area (Å²) in [6.07, 6.45) is 0. The van der Waals surface area contributed by atoms with E-state index >= 15 is 0 Å². The van der Waals surface area contributed by atoms with Gasteiger partial charge in [-0.1, -0.05) is 41.7 Å². The van der Waals surface area contributed by atoms with Gasteiger partial charge in [0.15, 0.2) is 5.13 Å². The highest BCUT2D eigenvalue weighted by atomic mass is 35.5. The monoisotopic (exact) mass is 461 g/mol. The van der Waals surface area contributed by atoms with Gasteiger partial charge < -0.3 is 19.1 Å². The van der Waals surface area contributed by atoms with Gasteiger partial charge in [-0.15, -0.1) is 12.4 Å². The number of hydrogen-bond donors (Lipinski definition) is 1. The molecule has 0 atom stereocenters. The Kier molecular flexibility index (Phi) is 7.73. The van der Waals surface area contributed by atoms with Crippen molar-refractivity contribution in [3.8, 4) is 22.8 Å². The molecule has 1 amide bonds. The average Bonchev–Trinajstić information content (AvgIpc) is 3.23. The van der Waals surface area contributed by atoms with Gasteiger partial charge >= 0.3 is 0 Å². The van der Waals surface area contributed by atoms with Gasteiger partial charge in [0.1, 0.15) is 22.2 Å². The molecule has 1 aliphatic heterocycles. The van der Waals surface area contributed by atoms with E-state index in [4.69, 9.17) is 19.2 Å². The summed E-state index contributed by atoms with van der Waals surface area (Å²) < 4.78 is 16.0. The van der Waals surface area contributed by atoms with E-state index in [1.807, 2.05) is 30.3 Å². The van der Waals surface area contributed by atoms with Crippen LogP contribution in [0.1, 0.15) is 10.4 Å². The van der Waals surface area contributed by atoms with Crippen LogP contribution in [-0.4, -0.2) is 51.4 Å². The summed E-state index contributed by atoms with van der Waals surface area (Å²) in [6, 6.07) is 15.1. The highest BCUT2D eigenvalue weighted by molar-refractivity contribution is 7.20. The van der Waals surface area contributed by atoms with E-state index in [1.54, 1.807) is 32.4 Å². The van der Waals surface area contributed by atoms with Gasteiger partial charge in [-0.2, -0.15) is 0 Å². The van der Waals surface area contributed by atoms with Gasteiger partial charge in [0.2, 0.25) is 0 Å². The fourth-order valence-electron chi connectivity index (χ4n) is 3.24. The molecule has 0 aliphatic carbocycles. The summed E-state index contributed by atoms with van der Waals surface area (Å²) in [5.41, 5.74) is 2.32. The van der Waals surface area contributed by atoms with E-state index < -0.39 is 0 Å². The first-order valence-corrected chi connectivity index (χ1v) is 10.4. The number of amides is 1. The number of halogens is 1. The van der Waals surface area contributed by atoms with Crippen LogP contribution in [-0.2, 0) is 4.74 Å². The number of morpholine rings is 1. The Labute approximate surface area is 191 Å². The van der Waals surface area contributed by atoms with E-state index in [0.29, 0.717) is 35.4 Å². The second-order valence-corrected chi connectivity index (χ2v) is 7.67. The van der Waals surface area contributed by atoms with Crippen molar-refractivity contribution in [1.82, 2.24) is 4.98 Å². The second kappa shape index (κ2) is 10.5. The van der Waals surface area contributed by atoms with Crippen LogP contribution in [0, 0.1) is 0 Å². The summed E-state index contributed by atoms with van der Waals surface area (Å²) in [5, 5.41) is 4.50. The predicted octanol–water partition coefficient (Wildman–Crippen LogP) is 4.34. The van der Waals surface area contributed by atoms with Crippen molar-refractivity contribution in [3.63, 3.8) is 0 Å². The molecular formula is C22H24ClN3O4S. The van der Waals surface area contributed by atoms with Crippen molar-refractivity contribution >= 4 is 39.8 Å². The Bertz CT molecular complexity index is 1000. The summed E-state index contributed by atoms with van der Waals surface area (Å²) in [4.78, 5) is 19.9. The number of hydrogen-bond acceptors (Lipinski definition) is 7. The van der Waals surface area contributed by atoms with E-state index in [1.165, 1.54) is 11.3 Å². The largest absolute Gasteiger partial charge is 0.497 e. The zero-order valence-electron chi connectivity index (χ0n) is 17.3. The molecule has 31 heavy (non-hydrogen) atoms. The first-order chi connectivity index (χ1) is 14.7. The molecule has 0 unspecified atom stereocenters. The third-order valence-electron chi connectivity index (χ3n) is 4.79. The Morgan fingerprint density at radius 1 is 1.06 bits per heavy atom. The molecule has 9 heteroatoms. The maximum absolute atomic E-state index is 12.9. The SMILES string of the molecule is COc1cc(OC)cc(C(=O)Nc2nc(-c3ccccc3)c(N3CCOCC3)s2)c1.Cl. The van der Waals surface area contributed by atoms with Crippen molar-refractivity contribution in [2.75, 3.05) is 50.7 Å². The van der Waals surface area contributed by atoms with Gasteiger partial charge in [-0.05, 0) is 12.1 Å². The first kappa shape index (κ1) is 22.9. The lowest BCUT2D eigenvalue weighted by atomic mass is 10.1. The minimum Gasteiger partial charge on any atom is -0.497 e. The number of thiazole rings is 1. The van der Waals surface area contributed by atoms with Crippen LogP contribution >= 0.6 is 23.7 Å². The van der Waals surface area contributed by atoms with Crippen LogP contribution in [0.4, 0.5) is 10.1 Å². The topological polar surface area (TPSA) is 72.9 Å². The average molecular weight is 462 g/mol. The van der Waals surface area contributed by atoms with Gasteiger partial charge in [0.25, 0.3) is 5.91 Å². The van der Waals surface area contributed by atoms with Crippen LogP contribution in [0.5, 0.6) is 11.5 Å². The van der Waals surface area contributed by atoms with Crippen LogP contribution in [0.15, 0.2) is 48.5 Å². The van der Waals surface area contributed by atoms with Gasteiger partial charge in [0, 0.05) is 30.3 Å². The fourth-order valence-corrected chi connectivity index (χ4v) is 4.27. The maximum Gasteiger partial charge on any atom is 0.257 e. The summed E-state index contributed by atoms with van der Waals surface area (Å²) in [6.45, 7) is 2.94. The number of carbonyl (C=O) groups excluding carboxylic acids is 1. The third-order valence-corrected chi connectivity index (χ3v) is 5.82. The van der Waals surface area contributed by atoms with Crippen LogP contribution in [0.3, 0.4) is 0 Å². The number of carbonyl (C=O) groups is 1. The number of anilines is 2. The van der Waals surface area contributed by atoms with Gasteiger partial charge in [-0.25, -0.2) is 4.98 Å². The second-order valence-electron chi connectivity index (χ2n) is 6.69. The Hall–Kier alpha value is -2.81. The molecule has 1 fully saturated rings. The standard InChI is InChI=1S/C22H23N3O4S.ClH/c1-27-17-12-16(13-18(14-17)28-2)20(26)24-22-23-19(15-6-4-3-5-7-15)21(30-22)25-8-10-29-11-9-25;/h3-7,12-14H,8-11H2,1-2H3,(H,23,24,26);1H. The van der Waals surface area contributed by atoms with Crippen LogP contribution < -0.4 is 19.7 Å². The Morgan fingerprint density at radius 2 is 1.71 bits per heavy atom. The molecule has 4 rings (SSSR count). The molecule has 0 bridgehead atoms. The Balaban J connectivity index is 0.00000272. The zero-order valence-corrected chi connectivity index (χ0v) is 18.9. The molecule has 0 saturated carbocycles. The van der Waals surface area contributed by atoms with E-state index in [9.17, 15) is 4.79 Å². The van der Waals surface area contributed by atoms with Crippen molar-refractivity contribution in [3.05, 3.63) is 54.1 Å². The molecule has 164 valence electrons. The van der Waals surface area contributed by atoms with Crippen LogP contribution in [0.25, 0.3) is 11.3 Å². The number of rotatable bonds is 6. The summed E-state index contributed by atoms with van der Waals surface area (Å²) in [7, 11) is 3.11. The molecular weight excluding hydrogens is 438 g/mol. The van der Waals surface area contributed by atoms with Crippen molar-refractivity contribution in [1.29, 1.82) is 0 Å². The number of ether oxygens (including phenoxy) is 3. The van der Waals surface area contributed by atoms with Crippen molar-refractivity contribution in [2.45, 2.75) is 0 Å². The molecule has 1 aromatic heterocycles. The van der Waals surface area contributed by atoms with Crippen LogP contribution in [0.2, 0.25) is 0 Å². The molecule has 1 aliphatic rings. The predicted molar refractivity (Wildman–Crippen MR) is 125 cm³/mol. The number of nitrogens with zero attached hydrogens (tertiary/aromatic N) is 2. The summed E-state index contributed by atoms with van der Waals surface area (Å²) in [5.74, 6) is 0.837. The third kappa shape index (κ3) is 5.28. The Morgan fingerprint density at radius 3 is 2.32 bits per heavy atom. The molecule has 1 N–H and O–H groups in total. The number of benzene rings is 2. The smallest absolute Gasteiger partial charge is 0.257 e. The minimum atomic E-state index is -0.269. The lowest BCUT2D eigenvalue weighted by molar-refractivity contribution is 0.102. The molecule has 1 saturated heterocycles. The fraction of sp³-hybridized carbons (Fsp3) is 0.273. The number of aromatic nitrogens is 1. The molecule has 2 aromatic carbocycles. The quantitative estimate of drug-likeness (QED) is 0.588.